The number of carbonyl (C=O) groups is 1. The smallest absolute Gasteiger partial charge is 0.274 e. The number of aromatic nitrogens is 1. The lowest BCUT2D eigenvalue weighted by molar-refractivity contribution is 0.102. The van der Waals surface area contributed by atoms with Gasteiger partial charge < -0.3 is 19.9 Å². The van der Waals surface area contributed by atoms with E-state index in [1.165, 1.54) is 37.6 Å². The van der Waals surface area contributed by atoms with Crippen LogP contribution in [0.3, 0.4) is 0 Å². The molecule has 4 rings (SSSR count). The fraction of sp³-hybridized carbons (Fsp3) is 0.350. The molecule has 152 valence electrons. The van der Waals surface area contributed by atoms with E-state index >= 15 is 0 Å². The summed E-state index contributed by atoms with van der Waals surface area (Å²) in [6, 6.07) is 6.81. The van der Waals surface area contributed by atoms with Gasteiger partial charge in [-0.1, -0.05) is 0 Å². The molecular weight excluding hydrogens is 395 g/mol. The Balaban J connectivity index is 1.51. The first-order valence-corrected chi connectivity index (χ1v) is 10.6. The number of rotatable bonds is 4. The number of benzene rings is 1. The number of pyridine rings is 1. The number of anilines is 1. The topological polar surface area (TPSA) is 110 Å². The van der Waals surface area contributed by atoms with Crippen LogP contribution in [0.15, 0.2) is 36.5 Å². The van der Waals surface area contributed by atoms with Crippen molar-refractivity contribution >= 4 is 28.6 Å². The number of nitrogens with zero attached hydrogens (tertiary/aromatic N) is 1. The number of nitrogens with one attached hydrogen (secondary N) is 3. The van der Waals surface area contributed by atoms with Crippen molar-refractivity contribution < 1.29 is 18.5 Å². The van der Waals surface area contributed by atoms with Crippen molar-refractivity contribution in [3.8, 4) is 5.75 Å². The van der Waals surface area contributed by atoms with Crippen LogP contribution in [-0.4, -0.2) is 38.9 Å². The maximum Gasteiger partial charge on any atom is 0.274 e. The van der Waals surface area contributed by atoms with Crippen molar-refractivity contribution in [3.05, 3.63) is 53.6 Å². The number of methoxy groups -OCH3 is 1. The van der Waals surface area contributed by atoms with Crippen LogP contribution in [0.5, 0.6) is 5.75 Å². The first-order chi connectivity index (χ1) is 13.9. The van der Waals surface area contributed by atoms with Gasteiger partial charge in [0.2, 0.25) is 0 Å². The Labute approximate surface area is 170 Å². The first kappa shape index (κ1) is 19.7. The molecule has 1 saturated carbocycles. The maximum atomic E-state index is 14.5. The minimum absolute atomic E-state index is 0.197. The number of hydrogen-bond donors (Lipinski definition) is 3. The predicted octanol–water partition coefficient (Wildman–Crippen LogP) is 2.77. The van der Waals surface area contributed by atoms with Crippen molar-refractivity contribution in [1.29, 1.82) is 5.41 Å². The van der Waals surface area contributed by atoms with E-state index in [1.807, 2.05) is 0 Å². The lowest BCUT2D eigenvalue weighted by Gasteiger charge is -2.47. The summed E-state index contributed by atoms with van der Waals surface area (Å²) in [7, 11) is 1.51. The molecule has 2 aromatic rings. The lowest BCUT2D eigenvalue weighted by atomic mass is 9.82. The molecule has 2 aliphatic rings. The number of ether oxygens (including phenoxy) is 1. The maximum absolute atomic E-state index is 14.5. The monoisotopic (exact) mass is 416 g/mol. The van der Waals surface area contributed by atoms with Crippen molar-refractivity contribution in [2.24, 2.45) is 0 Å². The minimum Gasteiger partial charge on any atom is -0.616 e. The van der Waals surface area contributed by atoms with E-state index in [1.54, 1.807) is 6.07 Å². The quantitative estimate of drug-likeness (QED) is 0.664. The molecule has 7 nitrogen and oxygen atoms in total. The standard InChI is InChI=1S/C20H21FN4O3S/c1-28-13-4-6-16(23-10-13)18(26)24-12-3-5-15(21)14(9-12)17-11-29(27)20(7-2-8-20)19(22)25-17/h3-6,9-10,17H,2,7-8,11H2,1H3,(H2,22,25)(H,24,26). The third kappa shape index (κ3) is 3.56. The zero-order chi connectivity index (χ0) is 20.6. The van der Waals surface area contributed by atoms with Crippen LogP contribution in [-0.2, 0) is 11.2 Å². The highest BCUT2D eigenvalue weighted by Crippen LogP contribution is 2.44. The summed E-state index contributed by atoms with van der Waals surface area (Å²) in [5, 5.41) is 14.0. The lowest BCUT2D eigenvalue weighted by Crippen LogP contribution is -2.63. The molecule has 1 aromatic carbocycles. The minimum atomic E-state index is -1.24. The first-order valence-electron chi connectivity index (χ1n) is 9.28. The van der Waals surface area contributed by atoms with E-state index < -0.39 is 33.7 Å². The van der Waals surface area contributed by atoms with Crippen LogP contribution in [0.1, 0.15) is 41.4 Å². The van der Waals surface area contributed by atoms with E-state index in [0.29, 0.717) is 11.4 Å². The van der Waals surface area contributed by atoms with Crippen LogP contribution < -0.4 is 15.4 Å². The number of amidine groups is 1. The van der Waals surface area contributed by atoms with E-state index in [9.17, 15) is 13.7 Å². The van der Waals surface area contributed by atoms with Gasteiger partial charge in [0, 0.05) is 24.1 Å². The zero-order valence-corrected chi connectivity index (χ0v) is 16.6. The van der Waals surface area contributed by atoms with Gasteiger partial charge in [-0.3, -0.25) is 10.2 Å². The van der Waals surface area contributed by atoms with Crippen LogP contribution in [0, 0.1) is 11.2 Å². The van der Waals surface area contributed by atoms with Gasteiger partial charge in [0.1, 0.15) is 29.1 Å². The second-order valence-electron chi connectivity index (χ2n) is 7.21. The predicted molar refractivity (Wildman–Crippen MR) is 108 cm³/mol. The van der Waals surface area contributed by atoms with Gasteiger partial charge in [-0.05, 0) is 47.9 Å². The number of amides is 1. The van der Waals surface area contributed by atoms with Crippen LogP contribution in [0.25, 0.3) is 0 Å². The van der Waals surface area contributed by atoms with Crippen molar-refractivity contribution in [2.45, 2.75) is 30.1 Å². The zero-order valence-electron chi connectivity index (χ0n) is 15.8. The fourth-order valence-electron chi connectivity index (χ4n) is 3.63. The molecule has 2 heterocycles. The van der Waals surface area contributed by atoms with Gasteiger partial charge in [0.15, 0.2) is 10.6 Å². The average Bonchev–Trinajstić information content (AvgIpc) is 2.68. The van der Waals surface area contributed by atoms with E-state index in [2.05, 4.69) is 15.6 Å². The summed E-state index contributed by atoms with van der Waals surface area (Å²) in [5.41, 5.74) is 0.868. The summed E-state index contributed by atoms with van der Waals surface area (Å²) < 4.78 is 31.7. The Hall–Kier alpha value is -2.65. The normalized spacial score (nSPS) is 22.5. The van der Waals surface area contributed by atoms with Crippen LogP contribution in [0.4, 0.5) is 10.1 Å². The molecule has 2 unspecified atom stereocenters. The highest BCUT2D eigenvalue weighted by molar-refractivity contribution is 7.93. The van der Waals surface area contributed by atoms with Crippen molar-refractivity contribution in [2.75, 3.05) is 18.2 Å². The largest absolute Gasteiger partial charge is 0.616 e. The Morgan fingerprint density at radius 3 is 2.79 bits per heavy atom. The summed E-state index contributed by atoms with van der Waals surface area (Å²) >= 11 is -1.24. The highest BCUT2D eigenvalue weighted by Gasteiger charge is 2.56. The Bertz CT molecular complexity index is 949. The molecule has 0 bridgehead atoms. The molecule has 1 aliphatic heterocycles. The van der Waals surface area contributed by atoms with E-state index in [0.717, 1.165) is 19.3 Å². The molecular formula is C20H21FN4O3S. The summed E-state index contributed by atoms with van der Waals surface area (Å²) in [5.74, 6) is 0.0729. The molecule has 2 atom stereocenters. The van der Waals surface area contributed by atoms with Gasteiger partial charge in [-0.2, -0.15) is 0 Å². The van der Waals surface area contributed by atoms with Crippen LogP contribution >= 0.6 is 0 Å². The van der Waals surface area contributed by atoms with Gasteiger partial charge in [-0.25, -0.2) is 9.37 Å². The SMILES string of the molecule is COc1ccc(C(=O)Nc2ccc(F)c(C3C[S+]([O-])C4(CCC4)C(=N)N3)c2)nc1. The van der Waals surface area contributed by atoms with Crippen LogP contribution in [0.2, 0.25) is 0 Å². The molecule has 1 aliphatic carbocycles. The molecule has 1 amide bonds. The van der Waals surface area contributed by atoms with E-state index in [-0.39, 0.29) is 22.8 Å². The average molecular weight is 416 g/mol. The summed E-state index contributed by atoms with van der Waals surface area (Å²) in [4.78, 5) is 16.5. The Morgan fingerprint density at radius 1 is 1.41 bits per heavy atom. The Morgan fingerprint density at radius 2 is 2.21 bits per heavy atom. The molecule has 29 heavy (non-hydrogen) atoms. The summed E-state index contributed by atoms with van der Waals surface area (Å²) in [6.45, 7) is 0. The number of hydrogen-bond acceptors (Lipinski definition) is 5. The van der Waals surface area contributed by atoms with Gasteiger partial charge in [0.05, 0.1) is 13.3 Å². The Kier molecular flexibility index (Phi) is 5.18. The molecule has 1 aromatic heterocycles. The third-order valence-electron chi connectivity index (χ3n) is 5.52. The number of carbonyl (C=O) groups excluding carboxylic acids is 1. The molecule has 1 saturated heterocycles. The number of halogens is 1. The van der Waals surface area contributed by atoms with Gasteiger partial charge in [-0.15, -0.1) is 0 Å². The highest BCUT2D eigenvalue weighted by atomic mass is 32.2. The molecule has 3 N–H and O–H groups in total. The summed E-state index contributed by atoms with van der Waals surface area (Å²) in [6.07, 6.45) is 3.85. The van der Waals surface area contributed by atoms with Gasteiger partial charge >= 0.3 is 0 Å². The fourth-order valence-corrected chi connectivity index (χ4v) is 5.55. The van der Waals surface area contributed by atoms with Crippen molar-refractivity contribution in [3.63, 3.8) is 0 Å². The molecule has 0 radical (unpaired) electrons. The molecule has 2 fully saturated rings. The second kappa shape index (κ2) is 7.64. The van der Waals surface area contributed by atoms with Gasteiger partial charge in [0.25, 0.3) is 5.91 Å². The molecule has 9 heteroatoms. The van der Waals surface area contributed by atoms with E-state index in [4.69, 9.17) is 10.1 Å². The molecule has 1 spiro atoms. The second-order valence-corrected chi connectivity index (χ2v) is 9.01. The third-order valence-corrected chi connectivity index (χ3v) is 7.64. The van der Waals surface area contributed by atoms with Crippen molar-refractivity contribution in [1.82, 2.24) is 10.3 Å².